The van der Waals surface area contributed by atoms with Crippen LogP contribution in [0.5, 0.6) is 0 Å². The maximum atomic E-state index is 11.0. The molecule has 19 heavy (non-hydrogen) atoms. The monoisotopic (exact) mass is 256 g/mol. The van der Waals surface area contributed by atoms with Crippen molar-refractivity contribution in [3.05, 3.63) is 25.3 Å². The van der Waals surface area contributed by atoms with Crippen LogP contribution in [-0.2, 0) is 19.1 Å². The summed E-state index contributed by atoms with van der Waals surface area (Å²) in [5, 5.41) is 0. The van der Waals surface area contributed by atoms with Gasteiger partial charge in [-0.15, -0.1) is 12.8 Å². The number of carbonyl (C=O) groups is 2. The molecule has 0 aliphatic carbocycles. The molecule has 0 fully saturated rings. The van der Waals surface area contributed by atoms with Crippen molar-refractivity contribution in [2.75, 3.05) is 13.2 Å². The van der Waals surface area contributed by atoms with Crippen molar-refractivity contribution in [2.24, 2.45) is 5.41 Å². The Morgan fingerprint density at radius 3 is 1.89 bits per heavy atom. The van der Waals surface area contributed by atoms with E-state index in [0.717, 1.165) is 12.2 Å². The van der Waals surface area contributed by atoms with Crippen LogP contribution < -0.4 is 0 Å². The van der Waals surface area contributed by atoms with Gasteiger partial charge in [0.2, 0.25) is 0 Å². The van der Waals surface area contributed by atoms with E-state index in [1.807, 2.05) is 0 Å². The fraction of sp³-hybridized carbons (Fsp3) is 0.200. The molecule has 0 amide bonds. The normalized spacial score (nSPS) is 8.74. The molecule has 0 aromatic rings. The summed E-state index contributed by atoms with van der Waals surface area (Å²) < 4.78 is 9.65. The van der Waals surface area contributed by atoms with Gasteiger partial charge in [-0.2, -0.15) is 0 Å². The van der Waals surface area contributed by atoms with E-state index in [-0.39, 0.29) is 13.2 Å². The third kappa shape index (κ3) is 5.82. The maximum Gasteiger partial charge on any atom is 0.330 e. The van der Waals surface area contributed by atoms with Gasteiger partial charge < -0.3 is 9.47 Å². The average Bonchev–Trinajstić information content (AvgIpc) is 2.46. The van der Waals surface area contributed by atoms with Crippen molar-refractivity contribution >= 4 is 11.9 Å². The fourth-order valence-electron chi connectivity index (χ4n) is 0.895. The van der Waals surface area contributed by atoms with Crippen LogP contribution in [0, 0.1) is 41.9 Å². The molecule has 0 aromatic heterocycles. The molecule has 4 nitrogen and oxygen atoms in total. The van der Waals surface area contributed by atoms with Gasteiger partial charge in [0.05, 0.1) is 0 Å². The summed E-state index contributed by atoms with van der Waals surface area (Å²) in [4.78, 5) is 22.0. The zero-order valence-corrected chi connectivity index (χ0v) is 10.3. The van der Waals surface area contributed by atoms with E-state index in [1.54, 1.807) is 0 Å². The molecular weight excluding hydrogens is 244 g/mol. The smallest absolute Gasteiger partial charge is 0.330 e. The summed E-state index contributed by atoms with van der Waals surface area (Å²) in [7, 11) is 0. The van der Waals surface area contributed by atoms with Crippen molar-refractivity contribution < 1.29 is 19.1 Å². The number of terminal acetylenes is 2. The lowest BCUT2D eigenvalue weighted by molar-refractivity contribution is -0.143. The fourth-order valence-corrected chi connectivity index (χ4v) is 0.895. The van der Waals surface area contributed by atoms with Crippen molar-refractivity contribution in [1.82, 2.24) is 0 Å². The largest absolute Gasteiger partial charge is 0.460 e. The predicted octanol–water partition coefficient (Wildman–Crippen LogP) is 0.701. The highest BCUT2D eigenvalue weighted by atomic mass is 16.5. The first-order chi connectivity index (χ1) is 9.03. The van der Waals surface area contributed by atoms with Crippen LogP contribution >= 0.6 is 0 Å². The van der Waals surface area contributed by atoms with Gasteiger partial charge in [0.15, 0.2) is 5.41 Å². The van der Waals surface area contributed by atoms with Crippen LogP contribution in [0.3, 0.4) is 0 Å². The Morgan fingerprint density at radius 2 is 1.58 bits per heavy atom. The molecule has 0 unspecified atom stereocenters. The number of carbonyl (C=O) groups excluding carboxylic acids is 2. The second-order valence-corrected chi connectivity index (χ2v) is 3.24. The molecule has 96 valence electrons. The van der Waals surface area contributed by atoms with Crippen LogP contribution in [0.1, 0.15) is 0 Å². The summed E-state index contributed by atoms with van der Waals surface area (Å²) >= 11 is 0. The van der Waals surface area contributed by atoms with Crippen LogP contribution in [0.4, 0.5) is 0 Å². The van der Waals surface area contributed by atoms with E-state index in [4.69, 9.17) is 22.3 Å². The Balaban J connectivity index is 4.99. The lowest BCUT2D eigenvalue weighted by Crippen LogP contribution is -2.31. The van der Waals surface area contributed by atoms with Gasteiger partial charge >= 0.3 is 11.9 Å². The molecule has 0 aromatic carbocycles. The molecule has 0 aliphatic rings. The van der Waals surface area contributed by atoms with Crippen molar-refractivity contribution in [3.63, 3.8) is 0 Å². The first kappa shape index (κ1) is 16.1. The maximum absolute atomic E-state index is 11.0. The van der Waals surface area contributed by atoms with Gasteiger partial charge in [-0.3, -0.25) is 0 Å². The molecule has 0 aliphatic heterocycles. The Hall–Kier alpha value is -2.90. The second-order valence-electron chi connectivity index (χ2n) is 3.24. The molecule has 0 bridgehead atoms. The van der Waals surface area contributed by atoms with E-state index in [9.17, 15) is 9.59 Å². The minimum absolute atomic E-state index is 0.270. The summed E-state index contributed by atoms with van der Waals surface area (Å²) in [5.74, 6) is 7.93. The van der Waals surface area contributed by atoms with Crippen LogP contribution in [0.15, 0.2) is 25.3 Å². The number of hydrogen-bond donors (Lipinski definition) is 0. The quantitative estimate of drug-likeness (QED) is 0.399. The molecule has 0 saturated heterocycles. The molecule has 0 spiro atoms. The Labute approximate surface area is 112 Å². The summed E-state index contributed by atoms with van der Waals surface area (Å²) in [6.07, 6.45) is 12.3. The minimum Gasteiger partial charge on any atom is -0.460 e. The molecule has 0 N–H and O–H groups in total. The Morgan fingerprint density at radius 1 is 1.11 bits per heavy atom. The van der Waals surface area contributed by atoms with Crippen LogP contribution in [0.2, 0.25) is 0 Å². The molecule has 0 rings (SSSR count). The van der Waals surface area contributed by atoms with Crippen molar-refractivity contribution in [2.45, 2.75) is 0 Å². The number of esters is 2. The minimum atomic E-state index is -1.30. The third-order valence-electron chi connectivity index (χ3n) is 1.91. The van der Waals surface area contributed by atoms with Crippen molar-refractivity contribution in [1.29, 1.82) is 0 Å². The zero-order chi connectivity index (χ0) is 14.7. The van der Waals surface area contributed by atoms with Crippen molar-refractivity contribution in [3.8, 4) is 36.5 Å². The Kier molecular flexibility index (Phi) is 6.97. The SMILES string of the molecule is C#CC#CC(C#C)(COC(=O)C=C)COC(=O)C=C. The molecule has 4 heteroatoms. The van der Waals surface area contributed by atoms with Gasteiger partial charge in [0.25, 0.3) is 0 Å². The van der Waals surface area contributed by atoms with Crippen LogP contribution in [-0.4, -0.2) is 25.2 Å². The van der Waals surface area contributed by atoms with E-state index in [2.05, 4.69) is 36.8 Å². The van der Waals surface area contributed by atoms with Gasteiger partial charge in [-0.1, -0.05) is 25.0 Å². The molecular formula is C15H12O4. The van der Waals surface area contributed by atoms with E-state index >= 15 is 0 Å². The first-order valence-electron chi connectivity index (χ1n) is 5.07. The van der Waals surface area contributed by atoms with Gasteiger partial charge in [-0.25, -0.2) is 9.59 Å². The Bertz CT molecular complexity index is 493. The zero-order valence-electron chi connectivity index (χ0n) is 10.3. The lowest BCUT2D eigenvalue weighted by Gasteiger charge is -2.21. The molecule has 0 heterocycles. The molecule has 0 saturated carbocycles. The molecule has 0 radical (unpaired) electrons. The highest BCUT2D eigenvalue weighted by molar-refractivity contribution is 5.81. The highest BCUT2D eigenvalue weighted by Crippen LogP contribution is 2.16. The summed E-state index contributed by atoms with van der Waals surface area (Å²) in [6, 6.07) is 0. The lowest BCUT2D eigenvalue weighted by atomic mass is 9.92. The standard InChI is InChI=1S/C15H12O4/c1-5-9-10-15(8-4,11-18-13(16)6-2)12-19-14(17)7-3/h1,4,6-7H,2-3,11-12H2. The van der Waals surface area contributed by atoms with E-state index in [0.29, 0.717) is 0 Å². The summed E-state index contributed by atoms with van der Waals surface area (Å²) in [6.45, 7) is 5.95. The second kappa shape index (κ2) is 8.23. The topological polar surface area (TPSA) is 52.6 Å². The number of rotatable bonds is 6. The van der Waals surface area contributed by atoms with E-state index in [1.165, 1.54) is 0 Å². The number of hydrogen-bond acceptors (Lipinski definition) is 4. The van der Waals surface area contributed by atoms with Crippen LogP contribution in [0.25, 0.3) is 0 Å². The average molecular weight is 256 g/mol. The van der Waals surface area contributed by atoms with Gasteiger partial charge in [0, 0.05) is 12.2 Å². The number of ether oxygens (including phenoxy) is 2. The third-order valence-corrected chi connectivity index (χ3v) is 1.91. The summed E-state index contributed by atoms with van der Waals surface area (Å²) in [5.41, 5.74) is -1.30. The highest BCUT2D eigenvalue weighted by Gasteiger charge is 2.29. The van der Waals surface area contributed by atoms with Gasteiger partial charge in [0.1, 0.15) is 13.2 Å². The predicted molar refractivity (Wildman–Crippen MR) is 70.2 cm³/mol. The van der Waals surface area contributed by atoms with Gasteiger partial charge in [-0.05, 0) is 11.8 Å². The molecule has 0 atom stereocenters. The van der Waals surface area contributed by atoms with E-state index < -0.39 is 17.4 Å². The first-order valence-corrected chi connectivity index (χ1v) is 5.07.